The molecule has 0 fully saturated rings. The van der Waals surface area contributed by atoms with E-state index in [4.69, 9.17) is 5.11 Å². The molecule has 6 heteroatoms. The van der Waals surface area contributed by atoms with Gasteiger partial charge in [0.05, 0.1) is 5.97 Å². The van der Waals surface area contributed by atoms with Gasteiger partial charge < -0.3 is 20.3 Å². The molecule has 0 aliphatic heterocycles. The number of rotatable bonds is 9. The molecule has 0 heterocycles. The second-order valence-corrected chi connectivity index (χ2v) is 3.47. The van der Waals surface area contributed by atoms with Crippen LogP contribution in [0.3, 0.4) is 0 Å². The number of aliphatic carboxylic acids is 2. The number of unbranched alkanes of at least 4 members (excludes halogenated alkanes) is 2. The van der Waals surface area contributed by atoms with Crippen LogP contribution in [0.5, 0.6) is 0 Å². The molecule has 2 N–H and O–H groups in total. The molecule has 0 saturated carbocycles. The van der Waals surface area contributed by atoms with Gasteiger partial charge in [0.15, 0.2) is 0 Å². The Labute approximate surface area is 118 Å². The topological polar surface area (TPSA) is 89.5 Å². The van der Waals surface area contributed by atoms with Crippen molar-refractivity contribution in [3.05, 3.63) is 0 Å². The zero-order chi connectivity index (χ0) is 11.7. The van der Waals surface area contributed by atoms with Crippen molar-refractivity contribution >= 4 is 11.9 Å². The van der Waals surface area contributed by atoms with Gasteiger partial charge in [0.2, 0.25) is 0 Å². The monoisotopic (exact) mass is 239 g/mol. The summed E-state index contributed by atoms with van der Waals surface area (Å²) in [7, 11) is 0. The van der Waals surface area contributed by atoms with E-state index < -0.39 is 18.0 Å². The van der Waals surface area contributed by atoms with E-state index in [2.05, 4.69) is 12.2 Å². The third-order valence-electron chi connectivity index (χ3n) is 2.10. The molecule has 16 heavy (non-hydrogen) atoms. The van der Waals surface area contributed by atoms with Crippen molar-refractivity contribution in [3.63, 3.8) is 0 Å². The van der Waals surface area contributed by atoms with Gasteiger partial charge in [-0.25, -0.2) is 0 Å². The van der Waals surface area contributed by atoms with Crippen LogP contribution in [0.15, 0.2) is 0 Å². The minimum atomic E-state index is -1.23. The number of carboxylic acid groups (broad SMARTS) is 2. The molecule has 0 saturated heterocycles. The van der Waals surface area contributed by atoms with Crippen LogP contribution >= 0.6 is 0 Å². The fraction of sp³-hybridized carbons (Fsp3) is 0.800. The summed E-state index contributed by atoms with van der Waals surface area (Å²) in [5.41, 5.74) is 0. The Bertz CT molecular complexity index is 211. The van der Waals surface area contributed by atoms with Crippen molar-refractivity contribution in [1.29, 1.82) is 0 Å². The van der Waals surface area contributed by atoms with Crippen LogP contribution in [0.25, 0.3) is 0 Å². The van der Waals surface area contributed by atoms with Gasteiger partial charge in [-0.05, 0) is 19.4 Å². The van der Waals surface area contributed by atoms with Crippen molar-refractivity contribution in [2.75, 3.05) is 6.54 Å². The predicted octanol–water partition coefficient (Wildman–Crippen LogP) is -3.25. The Kier molecular flexibility index (Phi) is 13.0. The van der Waals surface area contributed by atoms with Crippen LogP contribution in [0.1, 0.15) is 39.0 Å². The Balaban J connectivity index is 0. The summed E-state index contributed by atoms with van der Waals surface area (Å²) in [4.78, 5) is 20.9. The second kappa shape index (κ2) is 11.4. The van der Waals surface area contributed by atoms with E-state index in [0.29, 0.717) is 6.54 Å². The first-order chi connectivity index (χ1) is 7.07. The van der Waals surface area contributed by atoms with E-state index in [-0.39, 0.29) is 42.4 Å². The molecule has 0 spiro atoms. The molecule has 1 atom stereocenters. The molecule has 0 aromatic rings. The molecule has 88 valence electrons. The van der Waals surface area contributed by atoms with Crippen molar-refractivity contribution in [3.8, 4) is 0 Å². The summed E-state index contributed by atoms with van der Waals surface area (Å²) in [6, 6.07) is -0.849. The van der Waals surface area contributed by atoms with Gasteiger partial charge in [-0.2, -0.15) is 0 Å². The fourth-order valence-corrected chi connectivity index (χ4v) is 1.22. The van der Waals surface area contributed by atoms with Gasteiger partial charge in [0, 0.05) is 12.5 Å². The first-order valence-corrected chi connectivity index (χ1v) is 5.24. The average Bonchev–Trinajstić information content (AvgIpc) is 2.15. The zero-order valence-corrected chi connectivity index (χ0v) is 12.0. The fourth-order valence-electron chi connectivity index (χ4n) is 1.22. The molecule has 0 aliphatic carbocycles. The molecular weight excluding hydrogens is 221 g/mol. The van der Waals surface area contributed by atoms with E-state index in [1.54, 1.807) is 0 Å². The maximum Gasteiger partial charge on any atom is 1.00 e. The average molecular weight is 239 g/mol. The third kappa shape index (κ3) is 10.4. The minimum absolute atomic E-state index is 0. The number of carbonyl (C=O) groups excluding carboxylic acids is 1. The van der Waals surface area contributed by atoms with Gasteiger partial charge in [-0.1, -0.05) is 19.8 Å². The number of carbonyl (C=O) groups is 2. The SMILES string of the molecule is CCCCCN[C@@H](CCC(=O)O)C(=O)[O-].[Na+]. The normalized spacial score (nSPS) is 11.6. The molecule has 0 amide bonds. The summed E-state index contributed by atoms with van der Waals surface area (Å²) in [5.74, 6) is -2.22. The van der Waals surface area contributed by atoms with Gasteiger partial charge in [0.25, 0.3) is 0 Å². The summed E-state index contributed by atoms with van der Waals surface area (Å²) >= 11 is 0. The molecule has 0 aromatic carbocycles. The van der Waals surface area contributed by atoms with Crippen molar-refractivity contribution in [2.45, 2.75) is 45.1 Å². The van der Waals surface area contributed by atoms with E-state index in [0.717, 1.165) is 19.3 Å². The molecule has 0 radical (unpaired) electrons. The van der Waals surface area contributed by atoms with Gasteiger partial charge in [-0.3, -0.25) is 4.79 Å². The standard InChI is InChI=1S/C10H19NO4.Na/c1-2-3-4-7-11-8(10(14)15)5-6-9(12)13;/h8,11H,2-7H2,1H3,(H,12,13)(H,14,15);/q;+1/p-1/t8-;/m0./s1. The quantitative estimate of drug-likeness (QED) is 0.326. The van der Waals surface area contributed by atoms with Gasteiger partial charge in [-0.15, -0.1) is 0 Å². The van der Waals surface area contributed by atoms with E-state index in [1.807, 2.05) is 0 Å². The first kappa shape index (κ1) is 18.3. The largest absolute Gasteiger partial charge is 1.00 e. The van der Waals surface area contributed by atoms with Gasteiger partial charge >= 0.3 is 35.5 Å². The smallest absolute Gasteiger partial charge is 0.548 e. The van der Waals surface area contributed by atoms with Crippen LogP contribution < -0.4 is 40.0 Å². The number of carboxylic acids is 2. The third-order valence-corrected chi connectivity index (χ3v) is 2.10. The number of nitrogens with one attached hydrogen (secondary N) is 1. The van der Waals surface area contributed by atoms with Crippen LogP contribution in [0, 0.1) is 0 Å². The molecule has 0 unspecified atom stereocenters. The van der Waals surface area contributed by atoms with Crippen LogP contribution in [-0.4, -0.2) is 29.6 Å². The Hall–Kier alpha value is -0.100. The Morgan fingerprint density at radius 2 is 2.00 bits per heavy atom. The molecule has 0 aromatic heterocycles. The maximum absolute atomic E-state index is 10.6. The maximum atomic E-state index is 10.6. The first-order valence-electron chi connectivity index (χ1n) is 5.24. The van der Waals surface area contributed by atoms with Crippen molar-refractivity contribution in [2.24, 2.45) is 0 Å². The van der Waals surface area contributed by atoms with Crippen molar-refractivity contribution in [1.82, 2.24) is 5.32 Å². The Morgan fingerprint density at radius 3 is 2.44 bits per heavy atom. The summed E-state index contributed by atoms with van der Waals surface area (Å²) in [5, 5.41) is 21.8. The zero-order valence-electron chi connectivity index (χ0n) is 9.99. The number of hydrogen-bond acceptors (Lipinski definition) is 4. The summed E-state index contributed by atoms with van der Waals surface area (Å²) in [6.45, 7) is 2.65. The second-order valence-electron chi connectivity index (χ2n) is 3.47. The van der Waals surface area contributed by atoms with Crippen LogP contribution in [0.4, 0.5) is 0 Å². The van der Waals surface area contributed by atoms with E-state index in [9.17, 15) is 14.7 Å². The number of hydrogen-bond donors (Lipinski definition) is 2. The predicted molar refractivity (Wildman–Crippen MR) is 53.2 cm³/mol. The Morgan fingerprint density at radius 1 is 1.38 bits per heavy atom. The van der Waals surface area contributed by atoms with E-state index in [1.165, 1.54) is 0 Å². The van der Waals surface area contributed by atoms with Crippen molar-refractivity contribution < 1.29 is 49.4 Å². The molecular formula is C10H18NNaO4. The van der Waals surface area contributed by atoms with Gasteiger partial charge in [0.1, 0.15) is 0 Å². The molecule has 0 bridgehead atoms. The summed E-state index contributed by atoms with van der Waals surface area (Å²) < 4.78 is 0. The van der Waals surface area contributed by atoms with Crippen LogP contribution in [0.2, 0.25) is 0 Å². The molecule has 0 aliphatic rings. The van der Waals surface area contributed by atoms with Crippen LogP contribution in [-0.2, 0) is 9.59 Å². The van der Waals surface area contributed by atoms with E-state index >= 15 is 0 Å². The molecule has 0 rings (SSSR count). The minimum Gasteiger partial charge on any atom is -0.548 e. The summed E-state index contributed by atoms with van der Waals surface area (Å²) in [6.07, 6.45) is 2.91. The molecule has 5 nitrogen and oxygen atoms in total.